The van der Waals surface area contributed by atoms with Gasteiger partial charge in [0.1, 0.15) is 0 Å². The molecule has 2 rings (SSSR count). The van der Waals surface area contributed by atoms with Gasteiger partial charge in [-0.2, -0.15) is 0 Å². The summed E-state index contributed by atoms with van der Waals surface area (Å²) in [6.45, 7) is 8.42. The van der Waals surface area contributed by atoms with E-state index >= 15 is 0 Å². The molecule has 0 amide bonds. The molecule has 3 heteroatoms. The van der Waals surface area contributed by atoms with Gasteiger partial charge in [-0.15, -0.1) is 0 Å². The lowest BCUT2D eigenvalue weighted by molar-refractivity contribution is 0.0697. The minimum absolute atomic E-state index is 0.421. The van der Waals surface area contributed by atoms with E-state index < -0.39 is 5.97 Å². The topological polar surface area (TPSA) is 40.5 Å². The summed E-state index contributed by atoms with van der Waals surface area (Å²) in [6, 6.07) is 5.57. The normalized spacial score (nSPS) is 19.6. The molecular weight excluding hydrogens is 226 g/mol. The lowest BCUT2D eigenvalue weighted by Gasteiger charge is -2.22. The number of aromatic carboxylic acids is 1. The minimum atomic E-state index is -0.835. The number of carboxylic acids is 1. The van der Waals surface area contributed by atoms with Crippen LogP contribution in [-0.4, -0.2) is 24.2 Å². The van der Waals surface area contributed by atoms with Gasteiger partial charge in [-0.1, -0.05) is 19.9 Å². The van der Waals surface area contributed by atoms with Gasteiger partial charge in [-0.25, -0.2) is 4.79 Å². The number of carbonyl (C=O) groups is 1. The van der Waals surface area contributed by atoms with Crippen LogP contribution < -0.4 is 4.90 Å². The molecule has 0 bridgehead atoms. The van der Waals surface area contributed by atoms with Crippen molar-refractivity contribution in [1.29, 1.82) is 0 Å². The van der Waals surface area contributed by atoms with Gasteiger partial charge >= 0.3 is 5.97 Å². The van der Waals surface area contributed by atoms with Crippen LogP contribution in [-0.2, 0) is 0 Å². The van der Waals surface area contributed by atoms with Gasteiger partial charge < -0.3 is 10.0 Å². The number of benzene rings is 1. The van der Waals surface area contributed by atoms with Crippen LogP contribution in [0, 0.1) is 18.8 Å². The standard InChI is InChI=1S/C15H21NO2/c1-10(2)12-6-7-16(9-12)14-8-11(3)4-5-13(14)15(17)18/h4-5,8,10,12H,6-7,9H2,1-3H3,(H,17,18). The fourth-order valence-corrected chi connectivity index (χ4v) is 2.63. The maximum Gasteiger partial charge on any atom is 0.337 e. The van der Waals surface area contributed by atoms with E-state index in [1.54, 1.807) is 6.07 Å². The maximum atomic E-state index is 11.3. The number of carboxylic acid groups (broad SMARTS) is 1. The Balaban J connectivity index is 2.28. The molecule has 0 radical (unpaired) electrons. The second kappa shape index (κ2) is 5.01. The first-order valence-electron chi connectivity index (χ1n) is 6.58. The Kier molecular flexibility index (Phi) is 3.60. The first-order valence-corrected chi connectivity index (χ1v) is 6.58. The van der Waals surface area contributed by atoms with Crippen LogP contribution in [0.3, 0.4) is 0 Å². The SMILES string of the molecule is Cc1ccc(C(=O)O)c(N2CCC(C(C)C)C2)c1. The number of hydrogen-bond donors (Lipinski definition) is 1. The molecular formula is C15H21NO2. The zero-order valence-electron chi connectivity index (χ0n) is 11.3. The van der Waals surface area contributed by atoms with Crippen LogP contribution in [0.5, 0.6) is 0 Å². The molecule has 1 unspecified atom stereocenters. The summed E-state index contributed by atoms with van der Waals surface area (Å²) in [5.41, 5.74) is 2.42. The summed E-state index contributed by atoms with van der Waals surface area (Å²) in [5.74, 6) is 0.498. The summed E-state index contributed by atoms with van der Waals surface area (Å²) >= 11 is 0. The van der Waals surface area contributed by atoms with Crippen molar-refractivity contribution in [2.45, 2.75) is 27.2 Å². The molecule has 1 aromatic rings. The molecule has 1 aliphatic rings. The van der Waals surface area contributed by atoms with Crippen molar-refractivity contribution < 1.29 is 9.90 Å². The van der Waals surface area contributed by atoms with Crippen molar-refractivity contribution in [1.82, 2.24) is 0 Å². The Morgan fingerprint density at radius 2 is 2.17 bits per heavy atom. The van der Waals surface area contributed by atoms with Gasteiger partial charge in [-0.05, 0) is 42.9 Å². The van der Waals surface area contributed by atoms with Gasteiger partial charge in [0, 0.05) is 13.1 Å². The highest BCUT2D eigenvalue weighted by atomic mass is 16.4. The molecule has 0 saturated carbocycles. The maximum absolute atomic E-state index is 11.3. The average Bonchev–Trinajstić information content (AvgIpc) is 2.77. The second-order valence-electron chi connectivity index (χ2n) is 5.56. The summed E-state index contributed by atoms with van der Waals surface area (Å²) in [6.07, 6.45) is 1.16. The molecule has 1 saturated heterocycles. The number of aryl methyl sites for hydroxylation is 1. The Hall–Kier alpha value is -1.51. The molecule has 1 N–H and O–H groups in total. The summed E-state index contributed by atoms with van der Waals surface area (Å²) < 4.78 is 0. The fourth-order valence-electron chi connectivity index (χ4n) is 2.63. The Labute approximate surface area is 108 Å². The van der Waals surface area contributed by atoms with E-state index in [2.05, 4.69) is 18.7 Å². The highest BCUT2D eigenvalue weighted by Crippen LogP contribution is 2.31. The highest BCUT2D eigenvalue weighted by molar-refractivity contribution is 5.94. The number of hydrogen-bond acceptors (Lipinski definition) is 2. The first kappa shape index (κ1) is 12.9. The van der Waals surface area contributed by atoms with Crippen LogP contribution in [0.1, 0.15) is 36.2 Å². The molecule has 0 spiro atoms. The summed E-state index contributed by atoms with van der Waals surface area (Å²) in [4.78, 5) is 13.5. The van der Waals surface area contributed by atoms with Gasteiger partial charge in [0.25, 0.3) is 0 Å². The van der Waals surface area contributed by atoms with Crippen LogP contribution in [0.25, 0.3) is 0 Å². The number of nitrogens with zero attached hydrogens (tertiary/aromatic N) is 1. The van der Waals surface area contributed by atoms with E-state index in [4.69, 9.17) is 0 Å². The molecule has 1 aromatic carbocycles. The minimum Gasteiger partial charge on any atom is -0.478 e. The molecule has 18 heavy (non-hydrogen) atoms. The Morgan fingerprint density at radius 3 is 2.72 bits per heavy atom. The van der Waals surface area contributed by atoms with Crippen LogP contribution in [0.4, 0.5) is 5.69 Å². The van der Waals surface area contributed by atoms with Crippen molar-refractivity contribution in [2.75, 3.05) is 18.0 Å². The summed E-state index contributed by atoms with van der Waals surface area (Å²) in [5, 5.41) is 9.27. The van der Waals surface area contributed by atoms with Crippen molar-refractivity contribution in [3.05, 3.63) is 29.3 Å². The molecule has 1 heterocycles. The molecule has 0 aliphatic carbocycles. The summed E-state index contributed by atoms with van der Waals surface area (Å²) in [7, 11) is 0. The second-order valence-corrected chi connectivity index (χ2v) is 5.56. The molecule has 3 nitrogen and oxygen atoms in total. The average molecular weight is 247 g/mol. The van der Waals surface area contributed by atoms with Crippen molar-refractivity contribution >= 4 is 11.7 Å². The monoisotopic (exact) mass is 247 g/mol. The zero-order valence-corrected chi connectivity index (χ0v) is 11.3. The van der Waals surface area contributed by atoms with Crippen LogP contribution in [0.15, 0.2) is 18.2 Å². The largest absolute Gasteiger partial charge is 0.478 e. The molecule has 98 valence electrons. The Bertz CT molecular complexity index is 454. The van der Waals surface area contributed by atoms with Gasteiger partial charge in [0.2, 0.25) is 0 Å². The van der Waals surface area contributed by atoms with Gasteiger partial charge in [0.05, 0.1) is 11.3 Å². The zero-order chi connectivity index (χ0) is 13.3. The van der Waals surface area contributed by atoms with E-state index in [1.807, 2.05) is 19.1 Å². The third kappa shape index (κ3) is 2.50. The first-order chi connectivity index (χ1) is 8.49. The predicted octanol–water partition coefficient (Wildman–Crippen LogP) is 3.18. The van der Waals surface area contributed by atoms with Crippen molar-refractivity contribution in [3.63, 3.8) is 0 Å². The number of rotatable bonds is 3. The van der Waals surface area contributed by atoms with E-state index in [0.29, 0.717) is 17.4 Å². The van der Waals surface area contributed by atoms with E-state index in [0.717, 1.165) is 30.8 Å². The fraction of sp³-hybridized carbons (Fsp3) is 0.533. The van der Waals surface area contributed by atoms with Crippen LogP contribution >= 0.6 is 0 Å². The van der Waals surface area contributed by atoms with Gasteiger partial charge in [-0.3, -0.25) is 0 Å². The lowest BCUT2D eigenvalue weighted by atomic mass is 9.95. The van der Waals surface area contributed by atoms with E-state index in [9.17, 15) is 9.90 Å². The Morgan fingerprint density at radius 1 is 1.44 bits per heavy atom. The van der Waals surface area contributed by atoms with Gasteiger partial charge in [0.15, 0.2) is 0 Å². The smallest absolute Gasteiger partial charge is 0.337 e. The third-order valence-corrected chi connectivity index (χ3v) is 3.89. The highest BCUT2D eigenvalue weighted by Gasteiger charge is 2.27. The molecule has 0 aromatic heterocycles. The number of anilines is 1. The van der Waals surface area contributed by atoms with Crippen LogP contribution in [0.2, 0.25) is 0 Å². The molecule has 1 aliphatic heterocycles. The molecule has 1 atom stereocenters. The van der Waals surface area contributed by atoms with E-state index in [-0.39, 0.29) is 0 Å². The third-order valence-electron chi connectivity index (χ3n) is 3.89. The lowest BCUT2D eigenvalue weighted by Crippen LogP contribution is -2.23. The van der Waals surface area contributed by atoms with Crippen molar-refractivity contribution in [2.24, 2.45) is 11.8 Å². The van der Waals surface area contributed by atoms with E-state index in [1.165, 1.54) is 0 Å². The quantitative estimate of drug-likeness (QED) is 0.891. The molecule has 1 fully saturated rings. The van der Waals surface area contributed by atoms with Crippen molar-refractivity contribution in [3.8, 4) is 0 Å². The predicted molar refractivity (Wildman–Crippen MR) is 73.3 cm³/mol.